The van der Waals surface area contributed by atoms with E-state index >= 15 is 0 Å². The maximum absolute atomic E-state index is 12.3. The van der Waals surface area contributed by atoms with E-state index in [0.717, 1.165) is 31.1 Å². The van der Waals surface area contributed by atoms with Gasteiger partial charge in [0, 0.05) is 37.6 Å². The van der Waals surface area contributed by atoms with Crippen LogP contribution in [0.5, 0.6) is 0 Å². The van der Waals surface area contributed by atoms with E-state index in [9.17, 15) is 8.42 Å². The number of nitrogens with zero attached hydrogens (tertiary/aromatic N) is 1. The Labute approximate surface area is 127 Å². The lowest BCUT2D eigenvalue weighted by Gasteiger charge is -2.06. The van der Waals surface area contributed by atoms with Gasteiger partial charge in [-0.3, -0.25) is 0 Å². The van der Waals surface area contributed by atoms with Crippen molar-refractivity contribution in [2.75, 3.05) is 6.54 Å². The van der Waals surface area contributed by atoms with Crippen molar-refractivity contribution in [1.29, 1.82) is 0 Å². The molecule has 0 saturated heterocycles. The summed E-state index contributed by atoms with van der Waals surface area (Å²) in [6, 6.07) is 2.43. The van der Waals surface area contributed by atoms with Crippen LogP contribution >= 0.6 is 0 Å². The lowest BCUT2D eigenvalue weighted by atomic mass is 10.3. The minimum Gasteiger partial charge on any atom is -0.349 e. The Hall–Kier alpha value is -0.850. The third kappa shape index (κ3) is 4.08. The summed E-state index contributed by atoms with van der Waals surface area (Å²) in [6.45, 7) is 4.13. The fourth-order valence-electron chi connectivity index (χ4n) is 2.54. The molecule has 2 fully saturated rings. The first kappa shape index (κ1) is 15.1. The topological polar surface area (TPSA) is 63.1 Å². The van der Waals surface area contributed by atoms with Gasteiger partial charge in [0.1, 0.15) is 0 Å². The summed E-state index contributed by atoms with van der Waals surface area (Å²) in [6.07, 6.45) is 7.70. The predicted molar refractivity (Wildman–Crippen MR) is 82.5 cm³/mol. The Morgan fingerprint density at radius 2 is 2.05 bits per heavy atom. The van der Waals surface area contributed by atoms with Crippen LogP contribution in [-0.4, -0.2) is 25.6 Å². The van der Waals surface area contributed by atoms with Gasteiger partial charge < -0.3 is 9.88 Å². The van der Waals surface area contributed by atoms with Crippen LogP contribution in [0.25, 0.3) is 0 Å². The Kier molecular flexibility index (Phi) is 4.38. The monoisotopic (exact) mass is 311 g/mol. The van der Waals surface area contributed by atoms with E-state index in [0.29, 0.717) is 17.5 Å². The van der Waals surface area contributed by atoms with Gasteiger partial charge in [0.25, 0.3) is 0 Å². The molecule has 1 heterocycles. The largest absolute Gasteiger partial charge is 0.349 e. The van der Waals surface area contributed by atoms with Crippen molar-refractivity contribution in [3.63, 3.8) is 0 Å². The Bertz CT molecular complexity index is 586. The number of hydrogen-bond acceptors (Lipinski definition) is 3. The highest BCUT2D eigenvalue weighted by molar-refractivity contribution is 7.89. The molecule has 6 heteroatoms. The molecule has 1 aromatic rings. The molecule has 2 N–H and O–H groups in total. The first-order chi connectivity index (χ1) is 10.1. The van der Waals surface area contributed by atoms with Crippen LogP contribution in [0.4, 0.5) is 0 Å². The number of aryl methyl sites for hydroxylation is 1. The van der Waals surface area contributed by atoms with Crippen molar-refractivity contribution in [3.8, 4) is 0 Å². The molecule has 2 aliphatic carbocycles. The first-order valence-electron chi connectivity index (χ1n) is 8.00. The molecular weight excluding hydrogens is 286 g/mol. The Morgan fingerprint density at radius 3 is 2.67 bits per heavy atom. The maximum atomic E-state index is 12.3. The summed E-state index contributed by atoms with van der Waals surface area (Å²) in [5, 5.41) is 3.44. The van der Waals surface area contributed by atoms with Crippen LogP contribution < -0.4 is 10.0 Å². The van der Waals surface area contributed by atoms with Gasteiger partial charge >= 0.3 is 0 Å². The molecule has 0 amide bonds. The van der Waals surface area contributed by atoms with Crippen molar-refractivity contribution in [1.82, 2.24) is 14.6 Å². The zero-order valence-corrected chi connectivity index (χ0v) is 13.5. The maximum Gasteiger partial charge on any atom is 0.242 e. The smallest absolute Gasteiger partial charge is 0.242 e. The molecule has 0 spiro atoms. The highest BCUT2D eigenvalue weighted by atomic mass is 32.2. The van der Waals surface area contributed by atoms with Crippen LogP contribution in [0, 0.1) is 5.92 Å². The molecule has 0 unspecified atom stereocenters. The third-order valence-electron chi connectivity index (χ3n) is 4.30. The number of nitrogens with one attached hydrogen (secondary N) is 2. The van der Waals surface area contributed by atoms with Crippen LogP contribution in [0.1, 0.15) is 44.7 Å². The molecule has 0 bridgehead atoms. The van der Waals surface area contributed by atoms with Crippen molar-refractivity contribution in [2.45, 2.75) is 63.1 Å². The Morgan fingerprint density at radius 1 is 1.29 bits per heavy atom. The van der Waals surface area contributed by atoms with Crippen LogP contribution in [0.15, 0.2) is 17.2 Å². The van der Waals surface area contributed by atoms with Gasteiger partial charge in [-0.1, -0.05) is 12.8 Å². The quantitative estimate of drug-likeness (QED) is 0.731. The van der Waals surface area contributed by atoms with Crippen LogP contribution in [0.3, 0.4) is 0 Å². The lowest BCUT2D eigenvalue weighted by molar-refractivity contribution is 0.575. The molecule has 0 aliphatic heterocycles. The van der Waals surface area contributed by atoms with E-state index in [-0.39, 0.29) is 0 Å². The predicted octanol–water partition coefficient (Wildman–Crippen LogP) is 1.84. The van der Waals surface area contributed by atoms with E-state index in [1.165, 1.54) is 25.7 Å². The molecule has 2 aliphatic rings. The summed E-state index contributed by atoms with van der Waals surface area (Å²) in [7, 11) is -3.36. The summed E-state index contributed by atoms with van der Waals surface area (Å²) in [4.78, 5) is 0.396. The van der Waals surface area contributed by atoms with Crippen molar-refractivity contribution >= 4 is 10.0 Å². The zero-order chi connectivity index (χ0) is 14.9. The fourth-order valence-corrected chi connectivity index (χ4v) is 3.65. The fraction of sp³-hybridized carbons (Fsp3) is 0.733. The standard InChI is InChI=1S/C15H25N3O2S/c1-2-18-11-15(9-14(18)10-16-13-5-6-13)21(19,20)17-8-7-12-3-4-12/h9,11-13,16-17H,2-8,10H2,1H3. The summed E-state index contributed by atoms with van der Waals surface area (Å²) in [5.74, 6) is 0.742. The normalized spacial score (nSPS) is 19.1. The molecule has 2 saturated carbocycles. The number of hydrogen-bond donors (Lipinski definition) is 2. The minimum atomic E-state index is -3.36. The van der Waals surface area contributed by atoms with Crippen LogP contribution in [-0.2, 0) is 23.1 Å². The van der Waals surface area contributed by atoms with E-state index < -0.39 is 10.0 Å². The number of aromatic nitrogens is 1. The molecule has 1 aromatic heterocycles. The first-order valence-corrected chi connectivity index (χ1v) is 9.49. The van der Waals surface area contributed by atoms with E-state index in [1.807, 2.05) is 11.5 Å². The average molecular weight is 311 g/mol. The second kappa shape index (κ2) is 6.10. The molecule has 0 atom stereocenters. The third-order valence-corrected chi connectivity index (χ3v) is 5.73. The zero-order valence-electron chi connectivity index (χ0n) is 12.6. The van der Waals surface area contributed by atoms with Crippen molar-refractivity contribution in [2.24, 2.45) is 5.92 Å². The van der Waals surface area contributed by atoms with Gasteiger partial charge in [-0.25, -0.2) is 13.1 Å². The highest BCUT2D eigenvalue weighted by Crippen LogP contribution is 2.31. The van der Waals surface area contributed by atoms with E-state index in [4.69, 9.17) is 0 Å². The van der Waals surface area contributed by atoms with Gasteiger partial charge in [-0.15, -0.1) is 0 Å². The van der Waals surface area contributed by atoms with Gasteiger partial charge in [0.2, 0.25) is 10.0 Å². The van der Waals surface area contributed by atoms with Gasteiger partial charge in [-0.05, 0) is 38.2 Å². The van der Waals surface area contributed by atoms with E-state index in [2.05, 4.69) is 10.0 Å². The number of sulfonamides is 1. The molecule has 118 valence electrons. The molecular formula is C15H25N3O2S. The SMILES string of the molecule is CCn1cc(S(=O)(=O)NCCC2CC2)cc1CNC1CC1. The van der Waals surface area contributed by atoms with Crippen LogP contribution in [0.2, 0.25) is 0 Å². The summed E-state index contributed by atoms with van der Waals surface area (Å²) in [5.41, 5.74) is 1.05. The van der Waals surface area contributed by atoms with Gasteiger partial charge in [-0.2, -0.15) is 0 Å². The highest BCUT2D eigenvalue weighted by Gasteiger charge is 2.24. The average Bonchev–Trinajstić information content (AvgIpc) is 3.36. The Balaban J connectivity index is 1.64. The molecule has 0 radical (unpaired) electrons. The van der Waals surface area contributed by atoms with Crippen molar-refractivity contribution < 1.29 is 8.42 Å². The van der Waals surface area contributed by atoms with Gasteiger partial charge in [0.05, 0.1) is 4.90 Å². The second-order valence-electron chi connectivity index (χ2n) is 6.24. The molecule has 5 nitrogen and oxygen atoms in total. The van der Waals surface area contributed by atoms with E-state index in [1.54, 1.807) is 12.3 Å². The summed E-state index contributed by atoms with van der Waals surface area (Å²) >= 11 is 0. The lowest BCUT2D eigenvalue weighted by Crippen LogP contribution is -2.24. The molecule has 21 heavy (non-hydrogen) atoms. The molecule has 0 aromatic carbocycles. The van der Waals surface area contributed by atoms with Gasteiger partial charge in [0.15, 0.2) is 0 Å². The summed E-state index contributed by atoms with van der Waals surface area (Å²) < 4.78 is 29.4. The van der Waals surface area contributed by atoms with Crippen molar-refractivity contribution in [3.05, 3.63) is 18.0 Å². The second-order valence-corrected chi connectivity index (χ2v) is 8.01. The minimum absolute atomic E-state index is 0.396. The number of rotatable bonds is 9. The molecule has 3 rings (SSSR count).